The number of carbonyl (C=O) groups is 1. The van der Waals surface area contributed by atoms with Crippen molar-refractivity contribution in [1.82, 2.24) is 5.32 Å². The van der Waals surface area contributed by atoms with Crippen molar-refractivity contribution in [2.45, 2.75) is 6.42 Å². The van der Waals surface area contributed by atoms with Crippen LogP contribution in [0.4, 0.5) is 0 Å². The molecular weight excluding hydrogens is 310 g/mol. The lowest BCUT2D eigenvalue weighted by Gasteiger charge is -2.11. The van der Waals surface area contributed by atoms with Gasteiger partial charge in [0, 0.05) is 12.6 Å². The molecule has 126 valence electrons. The van der Waals surface area contributed by atoms with Crippen LogP contribution < -0.4 is 24.3 Å². The molecule has 1 N–H and O–H groups in total. The first kappa shape index (κ1) is 16.0. The molecule has 0 radical (unpaired) electrons. The third kappa shape index (κ3) is 3.37. The zero-order valence-corrected chi connectivity index (χ0v) is 13.6. The summed E-state index contributed by atoms with van der Waals surface area (Å²) in [6, 6.07) is 10.9. The first-order valence-corrected chi connectivity index (χ1v) is 7.60. The number of amides is 1. The number of fused-ring (bicyclic) bond motifs is 1. The second kappa shape index (κ2) is 7.12. The molecule has 0 saturated carbocycles. The highest BCUT2D eigenvalue weighted by Gasteiger charge is 2.15. The van der Waals surface area contributed by atoms with Crippen molar-refractivity contribution in [2.75, 3.05) is 27.6 Å². The molecule has 0 bridgehead atoms. The molecule has 1 heterocycles. The molecule has 24 heavy (non-hydrogen) atoms. The molecule has 0 unspecified atom stereocenters. The zero-order valence-electron chi connectivity index (χ0n) is 13.6. The highest BCUT2D eigenvalue weighted by atomic mass is 16.7. The van der Waals surface area contributed by atoms with E-state index in [4.69, 9.17) is 18.9 Å². The van der Waals surface area contributed by atoms with Crippen LogP contribution in [0, 0.1) is 0 Å². The largest absolute Gasteiger partial charge is 0.497 e. The van der Waals surface area contributed by atoms with E-state index in [-0.39, 0.29) is 12.7 Å². The van der Waals surface area contributed by atoms with Crippen molar-refractivity contribution in [2.24, 2.45) is 0 Å². The van der Waals surface area contributed by atoms with Gasteiger partial charge in [0.1, 0.15) is 11.5 Å². The molecule has 3 rings (SSSR count). The smallest absolute Gasteiger partial charge is 0.255 e. The number of benzene rings is 2. The van der Waals surface area contributed by atoms with Gasteiger partial charge in [0.2, 0.25) is 6.79 Å². The van der Waals surface area contributed by atoms with Crippen molar-refractivity contribution in [3.8, 4) is 23.0 Å². The summed E-state index contributed by atoms with van der Waals surface area (Å²) in [6.07, 6.45) is 0.695. The highest BCUT2D eigenvalue weighted by molar-refractivity contribution is 5.97. The Morgan fingerprint density at radius 1 is 1.08 bits per heavy atom. The minimum atomic E-state index is -0.185. The molecular formula is C18H19NO5. The van der Waals surface area contributed by atoms with Gasteiger partial charge in [-0.15, -0.1) is 0 Å². The van der Waals surface area contributed by atoms with Gasteiger partial charge in [-0.25, -0.2) is 0 Å². The summed E-state index contributed by atoms with van der Waals surface area (Å²) < 4.78 is 21.0. The lowest BCUT2D eigenvalue weighted by atomic mass is 10.1. The van der Waals surface area contributed by atoms with E-state index in [2.05, 4.69) is 5.32 Å². The Morgan fingerprint density at radius 3 is 2.71 bits per heavy atom. The summed E-state index contributed by atoms with van der Waals surface area (Å²) in [6.45, 7) is 0.764. The van der Waals surface area contributed by atoms with Gasteiger partial charge in [-0.2, -0.15) is 0 Å². The molecule has 1 amide bonds. The maximum Gasteiger partial charge on any atom is 0.255 e. The zero-order chi connectivity index (χ0) is 16.9. The van der Waals surface area contributed by atoms with Crippen LogP contribution in [0.15, 0.2) is 36.4 Å². The minimum Gasteiger partial charge on any atom is -0.497 e. The first-order valence-electron chi connectivity index (χ1n) is 7.60. The molecule has 6 heteroatoms. The molecule has 0 aromatic heterocycles. The summed E-state index contributed by atoms with van der Waals surface area (Å²) in [5.41, 5.74) is 1.55. The van der Waals surface area contributed by atoms with Crippen molar-refractivity contribution in [3.05, 3.63) is 47.5 Å². The summed E-state index contributed by atoms with van der Waals surface area (Å²) >= 11 is 0. The van der Waals surface area contributed by atoms with Gasteiger partial charge in [0.05, 0.1) is 19.8 Å². The van der Waals surface area contributed by atoms with Crippen molar-refractivity contribution < 1.29 is 23.7 Å². The monoisotopic (exact) mass is 329 g/mol. The second-order valence-electron chi connectivity index (χ2n) is 5.26. The topological polar surface area (TPSA) is 66.0 Å². The molecule has 2 aromatic rings. The molecule has 0 aliphatic carbocycles. The third-order valence-electron chi connectivity index (χ3n) is 3.79. The lowest BCUT2D eigenvalue weighted by molar-refractivity contribution is 0.0951. The minimum absolute atomic E-state index is 0.185. The van der Waals surface area contributed by atoms with Gasteiger partial charge in [0.15, 0.2) is 11.5 Å². The van der Waals surface area contributed by atoms with E-state index in [0.29, 0.717) is 30.0 Å². The Balaban J connectivity index is 1.59. The van der Waals surface area contributed by atoms with Crippen LogP contribution in [0.1, 0.15) is 15.9 Å². The molecule has 1 aliphatic heterocycles. The quantitative estimate of drug-likeness (QED) is 0.881. The average Bonchev–Trinajstić information content (AvgIpc) is 3.08. The van der Waals surface area contributed by atoms with Crippen molar-refractivity contribution >= 4 is 5.91 Å². The predicted molar refractivity (Wildman–Crippen MR) is 88.1 cm³/mol. The molecule has 0 saturated heterocycles. The summed E-state index contributed by atoms with van der Waals surface area (Å²) in [5.74, 6) is 2.44. The standard InChI is InChI=1S/C18H19NO5/c1-21-13-4-5-14(16(10-13)22-2)18(20)19-8-7-12-3-6-15-17(9-12)24-11-23-15/h3-6,9-10H,7-8,11H2,1-2H3,(H,19,20). The van der Waals surface area contributed by atoms with Gasteiger partial charge in [-0.3, -0.25) is 4.79 Å². The molecule has 6 nitrogen and oxygen atoms in total. The number of rotatable bonds is 6. The molecule has 2 aromatic carbocycles. The average molecular weight is 329 g/mol. The van der Waals surface area contributed by atoms with E-state index < -0.39 is 0 Å². The van der Waals surface area contributed by atoms with E-state index >= 15 is 0 Å². The molecule has 0 spiro atoms. The molecule has 0 fully saturated rings. The second-order valence-corrected chi connectivity index (χ2v) is 5.26. The number of hydrogen-bond donors (Lipinski definition) is 1. The SMILES string of the molecule is COc1ccc(C(=O)NCCc2ccc3c(c2)OCO3)c(OC)c1. The summed E-state index contributed by atoms with van der Waals surface area (Å²) in [5, 5.41) is 2.90. The number of carbonyl (C=O) groups excluding carboxylic acids is 1. The van der Waals surface area contributed by atoms with Crippen LogP contribution in [0.2, 0.25) is 0 Å². The van der Waals surface area contributed by atoms with Crippen LogP contribution in [-0.4, -0.2) is 33.5 Å². The highest BCUT2D eigenvalue weighted by Crippen LogP contribution is 2.32. The van der Waals surface area contributed by atoms with Crippen LogP contribution in [-0.2, 0) is 6.42 Å². The fourth-order valence-corrected chi connectivity index (χ4v) is 2.50. The van der Waals surface area contributed by atoms with Gasteiger partial charge < -0.3 is 24.3 Å². The third-order valence-corrected chi connectivity index (χ3v) is 3.79. The maximum atomic E-state index is 12.3. The Morgan fingerprint density at radius 2 is 1.92 bits per heavy atom. The Bertz CT molecular complexity index is 744. The van der Waals surface area contributed by atoms with E-state index in [0.717, 1.165) is 17.1 Å². The van der Waals surface area contributed by atoms with Crippen LogP contribution >= 0.6 is 0 Å². The van der Waals surface area contributed by atoms with E-state index in [1.165, 1.54) is 7.11 Å². The maximum absolute atomic E-state index is 12.3. The van der Waals surface area contributed by atoms with Gasteiger partial charge in [-0.1, -0.05) is 6.07 Å². The van der Waals surface area contributed by atoms with E-state index in [9.17, 15) is 4.79 Å². The molecule has 0 atom stereocenters. The predicted octanol–water partition coefficient (Wildman–Crippen LogP) is 2.41. The number of hydrogen-bond acceptors (Lipinski definition) is 5. The summed E-state index contributed by atoms with van der Waals surface area (Å²) in [4.78, 5) is 12.3. The first-order chi connectivity index (χ1) is 11.7. The summed E-state index contributed by atoms with van der Waals surface area (Å²) in [7, 11) is 3.10. The Kier molecular flexibility index (Phi) is 4.74. The number of methoxy groups -OCH3 is 2. The Hall–Kier alpha value is -2.89. The number of nitrogens with one attached hydrogen (secondary N) is 1. The van der Waals surface area contributed by atoms with Gasteiger partial charge in [-0.05, 0) is 36.2 Å². The fourth-order valence-electron chi connectivity index (χ4n) is 2.50. The van der Waals surface area contributed by atoms with Gasteiger partial charge in [0.25, 0.3) is 5.91 Å². The normalized spacial score (nSPS) is 11.9. The van der Waals surface area contributed by atoms with Crippen molar-refractivity contribution in [3.63, 3.8) is 0 Å². The Labute approximate surface area is 140 Å². The van der Waals surface area contributed by atoms with Crippen LogP contribution in [0.25, 0.3) is 0 Å². The molecule has 1 aliphatic rings. The van der Waals surface area contributed by atoms with E-state index in [1.54, 1.807) is 25.3 Å². The lowest BCUT2D eigenvalue weighted by Crippen LogP contribution is -2.26. The fraction of sp³-hybridized carbons (Fsp3) is 0.278. The van der Waals surface area contributed by atoms with E-state index in [1.807, 2.05) is 18.2 Å². The van der Waals surface area contributed by atoms with Crippen LogP contribution in [0.5, 0.6) is 23.0 Å². The number of ether oxygens (including phenoxy) is 4. The van der Waals surface area contributed by atoms with Crippen LogP contribution in [0.3, 0.4) is 0 Å². The van der Waals surface area contributed by atoms with Crippen molar-refractivity contribution in [1.29, 1.82) is 0 Å². The van der Waals surface area contributed by atoms with Gasteiger partial charge >= 0.3 is 0 Å².